The van der Waals surface area contributed by atoms with Gasteiger partial charge in [0.15, 0.2) is 0 Å². The zero-order valence-corrected chi connectivity index (χ0v) is 14.7. The highest BCUT2D eigenvalue weighted by Crippen LogP contribution is 2.19. The van der Waals surface area contributed by atoms with E-state index in [1.54, 1.807) is 6.20 Å². The van der Waals surface area contributed by atoms with Crippen molar-refractivity contribution in [3.63, 3.8) is 0 Å². The molecule has 26 heavy (non-hydrogen) atoms. The lowest BCUT2D eigenvalue weighted by molar-refractivity contribution is 0.222. The van der Waals surface area contributed by atoms with Gasteiger partial charge in [-0.05, 0) is 36.5 Å². The van der Waals surface area contributed by atoms with Gasteiger partial charge in [0.25, 0.3) is 0 Å². The molecule has 1 aromatic carbocycles. The maximum atomic E-state index is 12.2. The lowest BCUT2D eigenvalue weighted by Crippen LogP contribution is -2.32. The van der Waals surface area contributed by atoms with Crippen LogP contribution in [0.4, 0.5) is 27.9 Å². The number of terminal acetylenes is 1. The number of aromatic nitrogens is 2. The fourth-order valence-electron chi connectivity index (χ4n) is 2.74. The lowest BCUT2D eigenvalue weighted by Gasteiger charge is -2.16. The third-order valence-corrected chi connectivity index (χ3v) is 4.09. The van der Waals surface area contributed by atoms with E-state index in [2.05, 4.69) is 31.8 Å². The second-order valence-corrected chi connectivity index (χ2v) is 6.11. The van der Waals surface area contributed by atoms with Gasteiger partial charge in [-0.1, -0.05) is 12.0 Å². The number of amides is 2. The summed E-state index contributed by atoms with van der Waals surface area (Å²) in [4.78, 5) is 22.8. The van der Waals surface area contributed by atoms with E-state index in [0.717, 1.165) is 42.8 Å². The molecule has 0 atom stereocenters. The molecular formula is C18H21BN6O. The van der Waals surface area contributed by atoms with Crippen molar-refractivity contribution in [3.05, 3.63) is 30.5 Å². The van der Waals surface area contributed by atoms with Gasteiger partial charge in [0.2, 0.25) is 5.95 Å². The quantitative estimate of drug-likeness (QED) is 0.558. The summed E-state index contributed by atoms with van der Waals surface area (Å²) in [6.45, 7) is 2.03. The van der Waals surface area contributed by atoms with Gasteiger partial charge >= 0.3 is 6.03 Å². The first-order valence-electron chi connectivity index (χ1n) is 8.60. The van der Waals surface area contributed by atoms with Crippen LogP contribution in [0, 0.1) is 12.3 Å². The number of likely N-dealkylation sites (tertiary alicyclic amines) is 1. The number of rotatable bonds is 5. The van der Waals surface area contributed by atoms with Gasteiger partial charge < -0.3 is 20.9 Å². The number of hydrogen-bond acceptors (Lipinski definition) is 5. The summed E-state index contributed by atoms with van der Waals surface area (Å²) >= 11 is 0. The van der Waals surface area contributed by atoms with Gasteiger partial charge in [0.05, 0.1) is 6.54 Å². The van der Waals surface area contributed by atoms with Crippen molar-refractivity contribution in [1.29, 1.82) is 0 Å². The Morgan fingerprint density at radius 2 is 2.08 bits per heavy atom. The SMILES string of the molecule is Bc1cnc(Nc2cccc(NC(=O)N3CCCC3)c2)nc1NCC#C. The summed E-state index contributed by atoms with van der Waals surface area (Å²) in [5.74, 6) is 3.68. The molecule has 0 radical (unpaired) electrons. The Morgan fingerprint density at radius 3 is 2.85 bits per heavy atom. The van der Waals surface area contributed by atoms with E-state index in [0.29, 0.717) is 18.3 Å². The van der Waals surface area contributed by atoms with Gasteiger partial charge in [-0.2, -0.15) is 4.98 Å². The number of carbonyl (C=O) groups is 1. The van der Waals surface area contributed by atoms with E-state index < -0.39 is 0 Å². The van der Waals surface area contributed by atoms with Crippen LogP contribution < -0.4 is 21.4 Å². The predicted octanol–water partition coefficient (Wildman–Crippen LogP) is 1.15. The largest absolute Gasteiger partial charge is 0.359 e. The zero-order valence-electron chi connectivity index (χ0n) is 14.7. The number of anilines is 4. The first-order valence-corrected chi connectivity index (χ1v) is 8.60. The summed E-state index contributed by atoms with van der Waals surface area (Å²) in [7, 11) is 1.91. The van der Waals surface area contributed by atoms with Gasteiger partial charge in [-0.25, -0.2) is 9.78 Å². The Hall–Kier alpha value is -3.21. The van der Waals surface area contributed by atoms with Crippen molar-refractivity contribution in [2.75, 3.05) is 35.6 Å². The van der Waals surface area contributed by atoms with Crippen LogP contribution >= 0.6 is 0 Å². The van der Waals surface area contributed by atoms with Crippen molar-refractivity contribution in [2.45, 2.75) is 12.8 Å². The average molecular weight is 348 g/mol. The van der Waals surface area contributed by atoms with Crippen LogP contribution in [0.25, 0.3) is 0 Å². The summed E-state index contributed by atoms with van der Waals surface area (Å²) in [5.41, 5.74) is 2.43. The minimum Gasteiger partial charge on any atom is -0.359 e. The van der Waals surface area contributed by atoms with Crippen LogP contribution in [0.2, 0.25) is 0 Å². The monoisotopic (exact) mass is 348 g/mol. The van der Waals surface area contributed by atoms with E-state index in [1.165, 1.54) is 0 Å². The maximum absolute atomic E-state index is 12.2. The molecule has 3 rings (SSSR count). The fourth-order valence-corrected chi connectivity index (χ4v) is 2.74. The number of nitrogens with zero attached hydrogens (tertiary/aromatic N) is 3. The molecule has 1 fully saturated rings. The molecule has 8 heteroatoms. The molecule has 0 aliphatic carbocycles. The molecule has 2 heterocycles. The standard InChI is InChI=1S/C18H21BN6O/c1-2-8-20-16-15(19)12-21-17(24-16)22-13-6-5-7-14(11-13)23-18(26)25-9-3-4-10-25/h1,5-7,11-12H,3-4,8-10,19H2,(H,23,26)(H2,20,21,22,24). The molecule has 1 aliphatic rings. The van der Waals surface area contributed by atoms with Crippen LogP contribution in [0.15, 0.2) is 30.5 Å². The molecule has 7 nitrogen and oxygen atoms in total. The van der Waals surface area contributed by atoms with E-state index in [4.69, 9.17) is 6.42 Å². The molecule has 0 bridgehead atoms. The number of urea groups is 1. The molecule has 2 aromatic rings. The molecule has 0 saturated carbocycles. The van der Waals surface area contributed by atoms with Crippen LogP contribution in [0.3, 0.4) is 0 Å². The average Bonchev–Trinajstić information content (AvgIpc) is 3.17. The Bertz CT molecular complexity index is 829. The maximum Gasteiger partial charge on any atom is 0.321 e. The van der Waals surface area contributed by atoms with E-state index in [1.807, 2.05) is 37.0 Å². The number of benzene rings is 1. The predicted molar refractivity (Wildman–Crippen MR) is 107 cm³/mol. The Morgan fingerprint density at radius 1 is 1.31 bits per heavy atom. The third-order valence-electron chi connectivity index (χ3n) is 4.09. The molecular weight excluding hydrogens is 327 g/mol. The summed E-state index contributed by atoms with van der Waals surface area (Å²) in [6.07, 6.45) is 9.14. The van der Waals surface area contributed by atoms with Crippen molar-refractivity contribution >= 4 is 42.5 Å². The third kappa shape index (κ3) is 4.45. The molecule has 132 valence electrons. The van der Waals surface area contributed by atoms with E-state index in [9.17, 15) is 4.79 Å². The van der Waals surface area contributed by atoms with E-state index >= 15 is 0 Å². The van der Waals surface area contributed by atoms with Crippen molar-refractivity contribution in [3.8, 4) is 12.3 Å². The smallest absolute Gasteiger partial charge is 0.321 e. The van der Waals surface area contributed by atoms with Crippen LogP contribution in [-0.2, 0) is 0 Å². The highest BCUT2D eigenvalue weighted by atomic mass is 16.2. The molecule has 1 aliphatic heterocycles. The molecule has 0 spiro atoms. The molecule has 3 N–H and O–H groups in total. The normalized spacial score (nSPS) is 13.1. The van der Waals surface area contributed by atoms with Gasteiger partial charge in [-0.15, -0.1) is 6.42 Å². The van der Waals surface area contributed by atoms with Crippen molar-refractivity contribution < 1.29 is 4.79 Å². The van der Waals surface area contributed by atoms with Crippen molar-refractivity contribution in [2.24, 2.45) is 0 Å². The Balaban J connectivity index is 1.68. The zero-order chi connectivity index (χ0) is 18.4. The Labute approximate surface area is 154 Å². The van der Waals surface area contributed by atoms with Gasteiger partial charge in [0, 0.05) is 30.7 Å². The summed E-state index contributed by atoms with van der Waals surface area (Å²) in [5, 5.41) is 9.15. The first kappa shape index (κ1) is 17.6. The second kappa shape index (κ2) is 8.25. The topological polar surface area (TPSA) is 82.2 Å². The first-order chi connectivity index (χ1) is 12.7. The van der Waals surface area contributed by atoms with Crippen LogP contribution in [-0.4, -0.2) is 48.4 Å². The van der Waals surface area contributed by atoms with Crippen LogP contribution in [0.1, 0.15) is 12.8 Å². The van der Waals surface area contributed by atoms with Gasteiger partial charge in [-0.3, -0.25) is 0 Å². The second-order valence-electron chi connectivity index (χ2n) is 6.11. The van der Waals surface area contributed by atoms with Crippen LogP contribution in [0.5, 0.6) is 0 Å². The molecule has 1 saturated heterocycles. The fraction of sp³-hybridized carbons (Fsp3) is 0.278. The highest BCUT2D eigenvalue weighted by Gasteiger charge is 2.17. The van der Waals surface area contributed by atoms with Crippen molar-refractivity contribution in [1.82, 2.24) is 14.9 Å². The number of hydrogen-bond donors (Lipinski definition) is 3. The molecule has 1 aromatic heterocycles. The Kier molecular flexibility index (Phi) is 5.59. The number of nitrogens with one attached hydrogen (secondary N) is 3. The molecule has 0 unspecified atom stereocenters. The summed E-state index contributed by atoms with van der Waals surface area (Å²) < 4.78 is 0. The lowest BCUT2D eigenvalue weighted by atomic mass is 9.99. The highest BCUT2D eigenvalue weighted by molar-refractivity contribution is 6.35. The molecule has 2 amide bonds. The van der Waals surface area contributed by atoms with Gasteiger partial charge in [0.1, 0.15) is 13.7 Å². The van der Waals surface area contributed by atoms with E-state index in [-0.39, 0.29) is 6.03 Å². The number of carbonyl (C=O) groups excluding carboxylic acids is 1. The summed E-state index contributed by atoms with van der Waals surface area (Å²) in [6, 6.07) is 7.41. The minimum atomic E-state index is -0.0630. The minimum absolute atomic E-state index is 0.0630.